The zero-order valence-corrected chi connectivity index (χ0v) is 17.5. The lowest BCUT2D eigenvalue weighted by atomic mass is 9.44. The van der Waals surface area contributed by atoms with Crippen molar-refractivity contribution in [2.45, 2.75) is 63.6 Å². The van der Waals surface area contributed by atoms with Crippen LogP contribution in [-0.2, 0) is 14.3 Å². The summed E-state index contributed by atoms with van der Waals surface area (Å²) in [6, 6.07) is 0. The van der Waals surface area contributed by atoms with Gasteiger partial charge in [-0.3, -0.25) is 4.79 Å². The molecule has 7 nitrogen and oxygen atoms in total. The molecule has 31 heavy (non-hydrogen) atoms. The zero-order valence-electron chi connectivity index (χ0n) is 17.5. The molecule has 4 aliphatic carbocycles. The molecular weight excluding hydrogens is 414 g/mol. The molecule has 0 aromatic rings. The fourth-order valence-electron chi connectivity index (χ4n) is 7.38. The van der Waals surface area contributed by atoms with Crippen molar-refractivity contribution < 1.29 is 43.2 Å². The van der Waals surface area contributed by atoms with Gasteiger partial charge in [-0.05, 0) is 49.8 Å². The number of fused-ring (bicyclic) bond motifs is 5. The standard InChI is InChI=1S/C22H26F2O7/c1-10-6-12-13-8-15(23)14-7-11(25)4-5-19(14,2)21(13,24)16(26)9-20(12,3)22(10,17(27)28)31-18(29)30/h4-5,7,10,12-13,15-16,26H,6,8-9H2,1-3H3,(H,27,28)(H,29,30)/t10-,12?,13+,15+,16?,19?,20?,21+,22+/m1/s1. The highest BCUT2D eigenvalue weighted by molar-refractivity contribution is 6.01. The van der Waals surface area contributed by atoms with E-state index < -0.39 is 70.0 Å². The van der Waals surface area contributed by atoms with Gasteiger partial charge in [-0.25, -0.2) is 18.4 Å². The monoisotopic (exact) mass is 440 g/mol. The maximum absolute atomic E-state index is 17.0. The van der Waals surface area contributed by atoms with Crippen LogP contribution in [0.2, 0.25) is 0 Å². The minimum Gasteiger partial charge on any atom is -0.478 e. The highest BCUT2D eigenvalue weighted by Crippen LogP contribution is 2.71. The second-order valence-corrected chi connectivity index (χ2v) is 9.90. The molecule has 0 bridgehead atoms. The summed E-state index contributed by atoms with van der Waals surface area (Å²) < 4.78 is 37.3. The second-order valence-electron chi connectivity index (χ2n) is 9.90. The van der Waals surface area contributed by atoms with Gasteiger partial charge >= 0.3 is 12.1 Å². The van der Waals surface area contributed by atoms with Crippen LogP contribution in [0.5, 0.6) is 0 Å². The zero-order chi connectivity index (χ0) is 23.1. The summed E-state index contributed by atoms with van der Waals surface area (Å²) in [6.07, 6.45) is -2.24. The molecule has 0 heterocycles. The molecule has 3 N–H and O–H groups in total. The van der Waals surface area contributed by atoms with E-state index in [1.54, 1.807) is 0 Å². The minimum absolute atomic E-state index is 0.0290. The number of carbonyl (C=O) groups is 3. The van der Waals surface area contributed by atoms with Crippen molar-refractivity contribution in [1.29, 1.82) is 0 Å². The highest BCUT2D eigenvalue weighted by Gasteiger charge is 2.78. The summed E-state index contributed by atoms with van der Waals surface area (Å²) in [7, 11) is 0. The van der Waals surface area contributed by atoms with Crippen LogP contribution in [0.25, 0.3) is 0 Å². The maximum atomic E-state index is 17.0. The van der Waals surface area contributed by atoms with Crippen molar-refractivity contribution in [3.63, 3.8) is 0 Å². The molecule has 3 saturated carbocycles. The molecule has 0 aromatic heterocycles. The number of hydrogen-bond acceptors (Lipinski definition) is 5. The van der Waals surface area contributed by atoms with Crippen LogP contribution in [0.4, 0.5) is 13.6 Å². The van der Waals surface area contributed by atoms with Gasteiger partial charge in [-0.15, -0.1) is 0 Å². The summed E-state index contributed by atoms with van der Waals surface area (Å²) in [6.45, 7) is 4.46. The Kier molecular flexibility index (Phi) is 4.50. The lowest BCUT2D eigenvalue weighted by molar-refractivity contribution is -0.230. The average molecular weight is 440 g/mol. The van der Waals surface area contributed by atoms with Crippen LogP contribution in [-0.4, -0.2) is 56.8 Å². The lowest BCUT2D eigenvalue weighted by Gasteiger charge is -2.62. The van der Waals surface area contributed by atoms with Gasteiger partial charge in [0.25, 0.3) is 0 Å². The smallest absolute Gasteiger partial charge is 0.478 e. The van der Waals surface area contributed by atoms with E-state index in [9.17, 15) is 29.7 Å². The number of ketones is 1. The molecule has 0 amide bonds. The Morgan fingerprint density at radius 2 is 1.84 bits per heavy atom. The van der Waals surface area contributed by atoms with Gasteiger partial charge in [-0.1, -0.05) is 19.9 Å². The maximum Gasteiger partial charge on any atom is 0.506 e. The molecule has 0 aliphatic heterocycles. The predicted octanol–water partition coefficient (Wildman–Crippen LogP) is 3.07. The van der Waals surface area contributed by atoms with Crippen molar-refractivity contribution in [1.82, 2.24) is 0 Å². The van der Waals surface area contributed by atoms with Crippen LogP contribution < -0.4 is 0 Å². The van der Waals surface area contributed by atoms with E-state index in [4.69, 9.17) is 4.74 Å². The number of aliphatic hydroxyl groups is 1. The van der Waals surface area contributed by atoms with Gasteiger partial charge in [0, 0.05) is 22.7 Å². The normalized spacial score (nSPS) is 50.7. The third-order valence-electron chi connectivity index (χ3n) is 8.73. The van der Waals surface area contributed by atoms with E-state index >= 15 is 8.78 Å². The summed E-state index contributed by atoms with van der Waals surface area (Å²) in [5.41, 5.74) is -7.64. The molecular formula is C22H26F2O7. The first-order chi connectivity index (χ1) is 14.3. The average Bonchev–Trinajstić information content (AvgIpc) is 2.87. The number of carbonyl (C=O) groups excluding carboxylic acids is 1. The highest BCUT2D eigenvalue weighted by atomic mass is 19.1. The van der Waals surface area contributed by atoms with Crippen LogP contribution in [0.1, 0.15) is 40.0 Å². The number of rotatable bonds is 2. The van der Waals surface area contributed by atoms with E-state index in [0.29, 0.717) is 0 Å². The Bertz CT molecular complexity index is 931. The number of alkyl halides is 2. The SMILES string of the molecule is C[C@@H]1CC2[C@@H]3C[C@H](F)C4=CC(=O)C=CC4(C)[C@@]3(F)C(O)CC2(C)[C@@]1(OC(=O)O)C(=O)O. The molecule has 0 spiro atoms. The van der Waals surface area contributed by atoms with Crippen molar-refractivity contribution in [2.24, 2.45) is 28.6 Å². The molecule has 0 radical (unpaired) electrons. The molecule has 0 aromatic carbocycles. The van der Waals surface area contributed by atoms with Gasteiger partial charge < -0.3 is 20.1 Å². The van der Waals surface area contributed by atoms with Crippen LogP contribution >= 0.6 is 0 Å². The van der Waals surface area contributed by atoms with E-state index in [2.05, 4.69) is 0 Å². The molecule has 4 unspecified atom stereocenters. The Balaban J connectivity index is 1.89. The summed E-state index contributed by atoms with van der Waals surface area (Å²) in [5, 5.41) is 30.5. The summed E-state index contributed by atoms with van der Waals surface area (Å²) >= 11 is 0. The molecule has 4 aliphatic rings. The number of halogens is 2. The molecule has 9 atom stereocenters. The van der Waals surface area contributed by atoms with Gasteiger partial charge in [0.15, 0.2) is 11.5 Å². The quantitative estimate of drug-likeness (QED) is 0.564. The Morgan fingerprint density at radius 1 is 1.19 bits per heavy atom. The number of aliphatic hydroxyl groups excluding tert-OH is 1. The van der Waals surface area contributed by atoms with Gasteiger partial charge in [0.05, 0.1) is 6.10 Å². The number of aliphatic carboxylic acids is 1. The number of hydrogen-bond donors (Lipinski definition) is 3. The number of ether oxygens (including phenoxy) is 1. The first-order valence-corrected chi connectivity index (χ1v) is 10.4. The summed E-state index contributed by atoms with van der Waals surface area (Å²) in [5.74, 6) is -4.64. The topological polar surface area (TPSA) is 121 Å². The van der Waals surface area contributed by atoms with Crippen molar-refractivity contribution in [3.05, 3.63) is 23.8 Å². The fraction of sp³-hybridized carbons (Fsp3) is 0.682. The van der Waals surface area contributed by atoms with E-state index in [-0.39, 0.29) is 24.8 Å². The molecule has 170 valence electrons. The molecule has 4 rings (SSSR count). The Labute approximate surface area is 177 Å². The van der Waals surface area contributed by atoms with Crippen LogP contribution in [0.15, 0.2) is 23.8 Å². The Morgan fingerprint density at radius 3 is 2.42 bits per heavy atom. The van der Waals surface area contributed by atoms with Gasteiger partial charge in [0.1, 0.15) is 6.17 Å². The number of allylic oxidation sites excluding steroid dienone is 4. The lowest BCUT2D eigenvalue weighted by Crippen LogP contribution is -2.71. The van der Waals surface area contributed by atoms with Crippen LogP contribution in [0, 0.1) is 28.6 Å². The van der Waals surface area contributed by atoms with Crippen LogP contribution in [0.3, 0.4) is 0 Å². The minimum atomic E-state index is -2.36. The van der Waals surface area contributed by atoms with E-state index in [0.717, 1.165) is 12.2 Å². The van der Waals surface area contributed by atoms with E-state index in [1.807, 2.05) is 0 Å². The first kappa shape index (κ1) is 21.9. The van der Waals surface area contributed by atoms with Gasteiger partial charge in [0.2, 0.25) is 5.60 Å². The van der Waals surface area contributed by atoms with Gasteiger partial charge in [-0.2, -0.15) is 0 Å². The number of carboxylic acid groups (broad SMARTS) is 2. The Hall–Kier alpha value is -2.29. The predicted molar refractivity (Wildman–Crippen MR) is 103 cm³/mol. The first-order valence-electron chi connectivity index (χ1n) is 10.4. The summed E-state index contributed by atoms with van der Waals surface area (Å²) in [4.78, 5) is 35.7. The molecule has 0 saturated heterocycles. The third kappa shape index (κ3) is 2.38. The fourth-order valence-corrected chi connectivity index (χ4v) is 7.38. The number of carboxylic acids is 1. The van der Waals surface area contributed by atoms with Crippen molar-refractivity contribution in [3.8, 4) is 0 Å². The molecule has 9 heteroatoms. The van der Waals surface area contributed by atoms with Crippen molar-refractivity contribution >= 4 is 17.9 Å². The molecule has 3 fully saturated rings. The largest absolute Gasteiger partial charge is 0.506 e. The van der Waals surface area contributed by atoms with E-state index in [1.165, 1.54) is 26.8 Å². The third-order valence-corrected chi connectivity index (χ3v) is 8.73. The second kappa shape index (κ2) is 6.37. The van der Waals surface area contributed by atoms with Crippen molar-refractivity contribution in [2.75, 3.05) is 0 Å².